The number of hydrogen-bond donors (Lipinski definition) is 1. The summed E-state index contributed by atoms with van der Waals surface area (Å²) in [4.78, 5) is 15.7. The van der Waals surface area contributed by atoms with Crippen molar-refractivity contribution in [2.24, 2.45) is 0 Å². The molecule has 139 valence electrons. The van der Waals surface area contributed by atoms with Crippen LogP contribution in [-0.4, -0.2) is 43.0 Å². The maximum Gasteiger partial charge on any atom is 2.00 e. The largest absolute Gasteiger partial charge is 2.00 e. The Labute approximate surface area is 159 Å². The van der Waals surface area contributed by atoms with Gasteiger partial charge in [-0.3, -0.25) is 4.98 Å². The molecule has 0 saturated heterocycles. The van der Waals surface area contributed by atoms with Crippen molar-refractivity contribution >= 4 is 5.97 Å². The van der Waals surface area contributed by atoms with E-state index in [0.717, 1.165) is 18.7 Å². The summed E-state index contributed by atoms with van der Waals surface area (Å²) in [5.74, 6) is -1.13. The van der Waals surface area contributed by atoms with E-state index < -0.39 is 5.97 Å². The third-order valence-electron chi connectivity index (χ3n) is 3.27. The topological polar surface area (TPSA) is 91.3 Å². The van der Waals surface area contributed by atoms with Gasteiger partial charge in [0.25, 0.3) is 0 Å². The van der Waals surface area contributed by atoms with Crippen molar-refractivity contribution in [2.75, 3.05) is 27.2 Å². The van der Waals surface area contributed by atoms with Crippen LogP contribution in [0.15, 0.2) is 48.7 Å². The summed E-state index contributed by atoms with van der Waals surface area (Å²) in [7, 11) is 4.07. The quantitative estimate of drug-likeness (QED) is 0.716. The van der Waals surface area contributed by atoms with Crippen LogP contribution in [0.5, 0.6) is 5.75 Å². The van der Waals surface area contributed by atoms with Gasteiger partial charge < -0.3 is 25.2 Å². The van der Waals surface area contributed by atoms with Crippen molar-refractivity contribution in [1.82, 2.24) is 15.2 Å². The molecule has 1 aromatic carbocycles. The Morgan fingerprint density at radius 3 is 2.32 bits per heavy atom. The van der Waals surface area contributed by atoms with Crippen LogP contribution in [0.3, 0.4) is 0 Å². The van der Waals surface area contributed by atoms with Gasteiger partial charge in [-0.1, -0.05) is 30.3 Å². The first kappa shape index (κ1) is 23.1. The zero-order chi connectivity index (χ0) is 17.9. The van der Waals surface area contributed by atoms with Crippen LogP contribution in [0.25, 0.3) is 0 Å². The Kier molecular flexibility index (Phi) is 11.5. The maximum atomic E-state index is 11.5. The standard InChI is InChI=1S/C12H20N2O.C6H5NO2.Cu/c1-10(13-8-9-14(2)3)11-6-4-5-7-12(11)15;8-6(9)5-3-1-2-4-7-5;/h4-7,10,13,15H,8-9H2,1-3H3;1-4H,(H,8,9);/q;;+2/p-2/t10-;;/m0../s1. The zero-order valence-corrected chi connectivity index (χ0v) is 15.5. The molecule has 2 rings (SSSR count). The summed E-state index contributed by atoms with van der Waals surface area (Å²) in [6.07, 6.45) is 1.41. The molecular weight excluding hydrogens is 370 g/mol. The van der Waals surface area contributed by atoms with Crippen molar-refractivity contribution in [1.29, 1.82) is 0 Å². The molecule has 0 aliphatic heterocycles. The predicted octanol–water partition coefficient (Wildman–Crippen LogP) is 0.415. The van der Waals surface area contributed by atoms with Crippen LogP contribution in [0, 0.1) is 0 Å². The van der Waals surface area contributed by atoms with Crippen molar-refractivity contribution < 1.29 is 32.1 Å². The van der Waals surface area contributed by atoms with Crippen LogP contribution in [0.1, 0.15) is 29.0 Å². The summed E-state index contributed by atoms with van der Waals surface area (Å²) >= 11 is 0. The van der Waals surface area contributed by atoms with Crippen LogP contribution < -0.4 is 15.5 Å². The molecule has 0 bridgehead atoms. The van der Waals surface area contributed by atoms with Gasteiger partial charge in [0.05, 0.1) is 11.7 Å². The molecule has 0 aliphatic rings. The van der Waals surface area contributed by atoms with E-state index in [1.54, 1.807) is 24.3 Å². The smallest absolute Gasteiger partial charge is 0.872 e. The molecule has 0 amide bonds. The Morgan fingerprint density at radius 2 is 1.84 bits per heavy atom. The number of likely N-dealkylation sites (N-methyl/N-ethyl adjacent to an activating group) is 1. The fourth-order valence-corrected chi connectivity index (χ4v) is 1.94. The molecule has 0 aliphatic carbocycles. The Balaban J connectivity index is 0.000000495. The van der Waals surface area contributed by atoms with Crippen LogP contribution >= 0.6 is 0 Å². The molecule has 2 aromatic rings. The molecule has 25 heavy (non-hydrogen) atoms. The van der Waals surface area contributed by atoms with Crippen molar-refractivity contribution in [3.05, 3.63) is 59.9 Å². The molecule has 7 heteroatoms. The number of para-hydroxylation sites is 1. The van der Waals surface area contributed by atoms with Gasteiger partial charge in [-0.2, -0.15) is 0 Å². The zero-order valence-electron chi connectivity index (χ0n) is 14.5. The van der Waals surface area contributed by atoms with Gasteiger partial charge in [0.15, 0.2) is 0 Å². The van der Waals surface area contributed by atoms with E-state index in [4.69, 9.17) is 0 Å². The number of rotatable bonds is 6. The fraction of sp³-hybridized carbons (Fsp3) is 0.333. The van der Waals surface area contributed by atoms with Gasteiger partial charge in [0.2, 0.25) is 0 Å². The third kappa shape index (κ3) is 9.22. The number of carboxylic acids is 1. The van der Waals surface area contributed by atoms with E-state index in [9.17, 15) is 15.0 Å². The number of carbonyl (C=O) groups is 1. The average Bonchev–Trinajstić information content (AvgIpc) is 2.56. The van der Waals surface area contributed by atoms with Crippen molar-refractivity contribution in [2.45, 2.75) is 13.0 Å². The number of aromatic nitrogens is 1. The molecule has 0 spiro atoms. The molecule has 1 aromatic heterocycles. The monoisotopic (exact) mass is 392 g/mol. The summed E-state index contributed by atoms with van der Waals surface area (Å²) in [6.45, 7) is 3.89. The molecule has 1 atom stereocenters. The van der Waals surface area contributed by atoms with Gasteiger partial charge in [-0.25, -0.2) is 0 Å². The molecule has 0 fully saturated rings. The molecular formula is C18H23CuN3O3. The Hall–Kier alpha value is -1.92. The molecule has 0 saturated carbocycles. The SMILES string of the molecule is C[C@H](NCCN(C)C)c1ccccc1[O-].O=C([O-])c1ccccn1.[Cu+2]. The average molecular weight is 393 g/mol. The maximum absolute atomic E-state index is 11.5. The van der Waals surface area contributed by atoms with E-state index in [0.29, 0.717) is 0 Å². The minimum absolute atomic E-state index is 0. The summed E-state index contributed by atoms with van der Waals surface area (Å²) < 4.78 is 0. The molecule has 1 N–H and O–H groups in total. The van der Waals surface area contributed by atoms with E-state index in [2.05, 4.69) is 15.2 Å². The van der Waals surface area contributed by atoms with Crippen molar-refractivity contribution in [3.63, 3.8) is 0 Å². The van der Waals surface area contributed by atoms with Gasteiger partial charge in [0, 0.05) is 25.3 Å². The second-order valence-corrected chi connectivity index (χ2v) is 5.52. The summed E-state index contributed by atoms with van der Waals surface area (Å²) in [6, 6.07) is 11.9. The molecule has 1 radical (unpaired) electrons. The number of benzene rings is 1. The summed E-state index contributed by atoms with van der Waals surface area (Å²) in [5.41, 5.74) is 0.814. The normalized spacial score (nSPS) is 11.0. The van der Waals surface area contributed by atoms with Crippen LogP contribution in [-0.2, 0) is 17.1 Å². The number of carbonyl (C=O) groups excluding carboxylic acids is 1. The van der Waals surface area contributed by atoms with Gasteiger partial charge in [0.1, 0.15) is 0 Å². The molecule has 1 heterocycles. The first-order valence-electron chi connectivity index (χ1n) is 7.68. The fourth-order valence-electron chi connectivity index (χ4n) is 1.94. The van der Waals surface area contributed by atoms with Crippen LogP contribution in [0.2, 0.25) is 0 Å². The summed E-state index contributed by atoms with van der Waals surface area (Å²) in [5, 5.41) is 24.9. The predicted molar refractivity (Wildman–Crippen MR) is 89.4 cm³/mol. The number of pyridine rings is 1. The first-order valence-corrected chi connectivity index (χ1v) is 7.68. The van der Waals surface area contributed by atoms with Crippen molar-refractivity contribution in [3.8, 4) is 5.75 Å². The number of nitrogens with one attached hydrogen (secondary N) is 1. The van der Waals surface area contributed by atoms with E-state index in [1.165, 1.54) is 12.3 Å². The Morgan fingerprint density at radius 1 is 1.20 bits per heavy atom. The number of hydrogen-bond acceptors (Lipinski definition) is 6. The first-order chi connectivity index (χ1) is 11.4. The minimum atomic E-state index is -1.24. The van der Waals surface area contributed by atoms with E-state index in [-0.39, 0.29) is 34.6 Å². The second kappa shape index (κ2) is 12.4. The molecule has 6 nitrogen and oxygen atoms in total. The number of carboxylic acid groups (broad SMARTS) is 1. The third-order valence-corrected chi connectivity index (χ3v) is 3.27. The van der Waals surface area contributed by atoms with Crippen LogP contribution in [0.4, 0.5) is 0 Å². The number of nitrogens with zero attached hydrogens (tertiary/aromatic N) is 2. The van der Waals surface area contributed by atoms with Gasteiger partial charge in [-0.05, 0) is 38.7 Å². The second-order valence-electron chi connectivity index (χ2n) is 5.52. The van der Waals surface area contributed by atoms with Gasteiger partial charge in [-0.15, -0.1) is 5.75 Å². The minimum Gasteiger partial charge on any atom is -0.872 e. The molecule has 0 unspecified atom stereocenters. The van der Waals surface area contributed by atoms with E-state index >= 15 is 0 Å². The van der Waals surface area contributed by atoms with Gasteiger partial charge >= 0.3 is 17.1 Å². The number of aromatic carboxylic acids is 1. The Bertz CT molecular complexity index is 624. The van der Waals surface area contributed by atoms with E-state index in [1.807, 2.05) is 33.2 Å².